The van der Waals surface area contributed by atoms with Gasteiger partial charge in [0.05, 0.1) is 11.7 Å². The van der Waals surface area contributed by atoms with Gasteiger partial charge in [-0.3, -0.25) is 4.98 Å². The van der Waals surface area contributed by atoms with Crippen molar-refractivity contribution in [3.63, 3.8) is 0 Å². The summed E-state index contributed by atoms with van der Waals surface area (Å²) < 4.78 is 0. The summed E-state index contributed by atoms with van der Waals surface area (Å²) in [5.74, 6) is 0.856. The van der Waals surface area contributed by atoms with Crippen LogP contribution in [-0.4, -0.2) is 28.8 Å². The number of piperidine rings is 1. The summed E-state index contributed by atoms with van der Waals surface area (Å²) in [6.07, 6.45) is 7.56. The highest BCUT2D eigenvalue weighted by molar-refractivity contribution is 5.65. The molecular formula is C11H15N3O. The molecule has 0 bridgehead atoms. The summed E-state index contributed by atoms with van der Waals surface area (Å²) in [6.45, 7) is 2.84. The highest BCUT2D eigenvalue weighted by Crippen LogP contribution is 2.23. The van der Waals surface area contributed by atoms with E-state index in [0.717, 1.165) is 43.6 Å². The topological polar surface area (TPSA) is 46.1 Å². The molecule has 0 N–H and O–H groups in total. The molecule has 1 aromatic heterocycles. The second-order valence-electron chi connectivity index (χ2n) is 3.86. The summed E-state index contributed by atoms with van der Waals surface area (Å²) in [5, 5.41) is 0. The van der Waals surface area contributed by atoms with Crippen molar-refractivity contribution in [2.45, 2.75) is 32.2 Å². The maximum absolute atomic E-state index is 11.0. The summed E-state index contributed by atoms with van der Waals surface area (Å²) in [7, 11) is 0. The number of rotatable bonds is 2. The van der Waals surface area contributed by atoms with E-state index in [2.05, 4.69) is 14.9 Å². The number of hydrogen-bond donors (Lipinski definition) is 0. The van der Waals surface area contributed by atoms with Crippen LogP contribution in [-0.2, 0) is 4.79 Å². The summed E-state index contributed by atoms with van der Waals surface area (Å²) >= 11 is 0. The second-order valence-corrected chi connectivity index (χ2v) is 3.86. The Balaban J connectivity index is 2.28. The number of aryl methyl sites for hydroxylation is 1. The minimum Gasteiger partial charge on any atom is -0.345 e. The Morgan fingerprint density at radius 1 is 1.40 bits per heavy atom. The van der Waals surface area contributed by atoms with Gasteiger partial charge in [-0.05, 0) is 26.2 Å². The van der Waals surface area contributed by atoms with Gasteiger partial charge in [-0.2, -0.15) is 0 Å². The first kappa shape index (κ1) is 10.1. The fourth-order valence-corrected chi connectivity index (χ4v) is 2.04. The van der Waals surface area contributed by atoms with Gasteiger partial charge in [-0.15, -0.1) is 0 Å². The van der Waals surface area contributed by atoms with E-state index < -0.39 is 0 Å². The molecule has 0 spiro atoms. The standard InChI is InChI=1S/C11H15N3O/c1-9-11(13-6-5-12-9)14-7-3-2-4-10(14)8-15/h5-6,8,10H,2-4,7H2,1H3. The van der Waals surface area contributed by atoms with Crippen molar-refractivity contribution < 1.29 is 4.79 Å². The maximum Gasteiger partial charge on any atom is 0.150 e. The van der Waals surface area contributed by atoms with Crippen LogP contribution in [0.25, 0.3) is 0 Å². The van der Waals surface area contributed by atoms with Crippen LogP contribution in [0.4, 0.5) is 5.82 Å². The van der Waals surface area contributed by atoms with Crippen LogP contribution >= 0.6 is 0 Å². The third kappa shape index (κ3) is 1.98. The third-order valence-corrected chi connectivity index (χ3v) is 2.83. The van der Waals surface area contributed by atoms with E-state index in [1.807, 2.05) is 6.92 Å². The molecule has 0 aliphatic carbocycles. The Morgan fingerprint density at radius 3 is 2.93 bits per heavy atom. The van der Waals surface area contributed by atoms with E-state index in [1.165, 1.54) is 0 Å². The molecule has 0 saturated carbocycles. The van der Waals surface area contributed by atoms with Crippen molar-refractivity contribution in [3.8, 4) is 0 Å². The van der Waals surface area contributed by atoms with E-state index in [9.17, 15) is 4.79 Å². The molecule has 4 heteroatoms. The zero-order chi connectivity index (χ0) is 10.7. The van der Waals surface area contributed by atoms with Crippen LogP contribution < -0.4 is 4.90 Å². The predicted octanol–water partition coefficient (Wildman–Crippen LogP) is 1.34. The molecule has 0 radical (unpaired) electrons. The van der Waals surface area contributed by atoms with E-state index in [4.69, 9.17) is 0 Å². The number of anilines is 1. The average molecular weight is 205 g/mol. The molecular weight excluding hydrogens is 190 g/mol. The van der Waals surface area contributed by atoms with Crippen molar-refractivity contribution in [2.75, 3.05) is 11.4 Å². The van der Waals surface area contributed by atoms with Gasteiger partial charge in [0, 0.05) is 18.9 Å². The zero-order valence-corrected chi connectivity index (χ0v) is 8.89. The quantitative estimate of drug-likeness (QED) is 0.683. The smallest absolute Gasteiger partial charge is 0.150 e. The molecule has 0 aromatic carbocycles. The lowest BCUT2D eigenvalue weighted by molar-refractivity contribution is -0.109. The number of carbonyl (C=O) groups excluding carboxylic acids is 1. The normalized spacial score (nSPS) is 21.4. The van der Waals surface area contributed by atoms with E-state index >= 15 is 0 Å². The van der Waals surface area contributed by atoms with Crippen molar-refractivity contribution in [3.05, 3.63) is 18.1 Å². The number of aromatic nitrogens is 2. The number of hydrogen-bond acceptors (Lipinski definition) is 4. The third-order valence-electron chi connectivity index (χ3n) is 2.83. The molecule has 15 heavy (non-hydrogen) atoms. The molecule has 2 heterocycles. The van der Waals surface area contributed by atoms with Crippen molar-refractivity contribution in [1.82, 2.24) is 9.97 Å². The van der Waals surface area contributed by atoms with Gasteiger partial charge < -0.3 is 9.69 Å². The molecule has 0 amide bonds. The van der Waals surface area contributed by atoms with E-state index in [-0.39, 0.29) is 6.04 Å². The Labute approximate surface area is 89.3 Å². The summed E-state index contributed by atoms with van der Waals surface area (Å²) in [4.78, 5) is 21.5. The first-order valence-electron chi connectivity index (χ1n) is 5.32. The van der Waals surface area contributed by atoms with Gasteiger partial charge in [0.1, 0.15) is 6.29 Å². The fourth-order valence-electron chi connectivity index (χ4n) is 2.04. The van der Waals surface area contributed by atoms with Crippen LogP contribution in [0.5, 0.6) is 0 Å². The van der Waals surface area contributed by atoms with Gasteiger partial charge >= 0.3 is 0 Å². The molecule has 1 aromatic rings. The molecule has 1 aliphatic rings. The molecule has 1 saturated heterocycles. The fraction of sp³-hybridized carbons (Fsp3) is 0.545. The molecule has 4 nitrogen and oxygen atoms in total. The number of carbonyl (C=O) groups is 1. The zero-order valence-electron chi connectivity index (χ0n) is 8.89. The van der Waals surface area contributed by atoms with Crippen molar-refractivity contribution >= 4 is 12.1 Å². The van der Waals surface area contributed by atoms with Crippen LogP contribution in [0.15, 0.2) is 12.4 Å². The van der Waals surface area contributed by atoms with E-state index in [0.29, 0.717) is 0 Å². The lowest BCUT2D eigenvalue weighted by Crippen LogP contribution is -2.41. The van der Waals surface area contributed by atoms with Crippen LogP contribution in [0.1, 0.15) is 25.0 Å². The van der Waals surface area contributed by atoms with Crippen LogP contribution in [0.3, 0.4) is 0 Å². The first-order valence-corrected chi connectivity index (χ1v) is 5.32. The largest absolute Gasteiger partial charge is 0.345 e. The lowest BCUT2D eigenvalue weighted by atomic mass is 10.0. The average Bonchev–Trinajstić information content (AvgIpc) is 2.30. The number of nitrogens with zero attached hydrogens (tertiary/aromatic N) is 3. The monoisotopic (exact) mass is 205 g/mol. The van der Waals surface area contributed by atoms with Gasteiger partial charge in [-0.1, -0.05) is 0 Å². The minimum atomic E-state index is -0.0193. The summed E-state index contributed by atoms with van der Waals surface area (Å²) in [5.41, 5.74) is 0.895. The van der Waals surface area contributed by atoms with Gasteiger partial charge in [-0.25, -0.2) is 4.98 Å². The van der Waals surface area contributed by atoms with E-state index in [1.54, 1.807) is 12.4 Å². The van der Waals surface area contributed by atoms with Crippen LogP contribution in [0.2, 0.25) is 0 Å². The molecule has 80 valence electrons. The molecule has 1 atom stereocenters. The first-order chi connectivity index (χ1) is 7.33. The Morgan fingerprint density at radius 2 is 2.20 bits per heavy atom. The highest BCUT2D eigenvalue weighted by Gasteiger charge is 2.24. The Hall–Kier alpha value is -1.45. The Bertz CT molecular complexity index is 353. The molecule has 1 fully saturated rings. The summed E-state index contributed by atoms with van der Waals surface area (Å²) in [6, 6.07) is -0.0193. The van der Waals surface area contributed by atoms with Crippen molar-refractivity contribution in [1.29, 1.82) is 0 Å². The minimum absolute atomic E-state index is 0.0193. The molecule has 1 aliphatic heterocycles. The number of aldehydes is 1. The van der Waals surface area contributed by atoms with Gasteiger partial charge in [0.25, 0.3) is 0 Å². The predicted molar refractivity (Wildman–Crippen MR) is 57.8 cm³/mol. The maximum atomic E-state index is 11.0. The van der Waals surface area contributed by atoms with Crippen LogP contribution in [0, 0.1) is 6.92 Å². The molecule has 1 unspecified atom stereocenters. The SMILES string of the molecule is Cc1nccnc1N1CCCCC1C=O. The van der Waals surface area contributed by atoms with Gasteiger partial charge in [0.15, 0.2) is 5.82 Å². The highest BCUT2D eigenvalue weighted by atomic mass is 16.1. The lowest BCUT2D eigenvalue weighted by Gasteiger charge is -2.33. The van der Waals surface area contributed by atoms with Gasteiger partial charge in [0.2, 0.25) is 0 Å². The Kier molecular flexibility index (Phi) is 2.94. The second kappa shape index (κ2) is 4.38. The molecule has 2 rings (SSSR count). The van der Waals surface area contributed by atoms with Crippen molar-refractivity contribution in [2.24, 2.45) is 0 Å².